The van der Waals surface area contributed by atoms with Crippen molar-refractivity contribution in [1.29, 1.82) is 0 Å². The van der Waals surface area contributed by atoms with Crippen molar-refractivity contribution in [1.82, 2.24) is 19.9 Å². The number of aromatic nitrogens is 3. The summed E-state index contributed by atoms with van der Waals surface area (Å²) < 4.78 is 1.46. The average Bonchev–Trinajstić information content (AvgIpc) is 2.95. The second kappa shape index (κ2) is 5.88. The van der Waals surface area contributed by atoms with Gasteiger partial charge in [0.2, 0.25) is 5.91 Å². The molecule has 0 fully saturated rings. The first kappa shape index (κ1) is 14.7. The van der Waals surface area contributed by atoms with Gasteiger partial charge >= 0.3 is 0 Å². The van der Waals surface area contributed by atoms with Crippen LogP contribution in [0.4, 0.5) is 5.69 Å². The van der Waals surface area contributed by atoms with Crippen LogP contribution in [0.25, 0.3) is 11.0 Å². The summed E-state index contributed by atoms with van der Waals surface area (Å²) in [7, 11) is 0. The van der Waals surface area contributed by atoms with E-state index in [1.807, 2.05) is 0 Å². The molecular formula is C16H15N5O2. The normalized spacial score (nSPS) is 10.7. The molecule has 0 radical (unpaired) electrons. The summed E-state index contributed by atoms with van der Waals surface area (Å²) in [4.78, 5) is 32.0. The van der Waals surface area contributed by atoms with Crippen molar-refractivity contribution in [2.45, 2.75) is 13.5 Å². The Morgan fingerprint density at radius 2 is 2.04 bits per heavy atom. The summed E-state index contributed by atoms with van der Waals surface area (Å²) in [6.45, 7) is 1.70. The molecule has 7 heteroatoms. The second-order valence-corrected chi connectivity index (χ2v) is 5.11. The van der Waals surface area contributed by atoms with Crippen LogP contribution in [0.15, 0.2) is 42.9 Å². The first-order chi connectivity index (χ1) is 11.0. The van der Waals surface area contributed by atoms with E-state index in [4.69, 9.17) is 5.73 Å². The molecule has 1 amide bonds. The lowest BCUT2D eigenvalue weighted by Crippen LogP contribution is -2.20. The number of rotatable bonds is 3. The maximum Gasteiger partial charge on any atom is 0.263 e. The van der Waals surface area contributed by atoms with Gasteiger partial charge in [0, 0.05) is 24.4 Å². The number of nitrogens with two attached hydrogens (primary N) is 1. The Hall–Kier alpha value is -3.22. The monoisotopic (exact) mass is 309 g/mol. The molecule has 3 rings (SSSR count). The first-order valence-electron chi connectivity index (χ1n) is 7.01. The predicted octanol–water partition coefficient (Wildman–Crippen LogP) is 1.34. The number of fused-ring (bicyclic) bond motifs is 1. The van der Waals surface area contributed by atoms with Crippen molar-refractivity contribution < 1.29 is 9.59 Å². The Bertz CT molecular complexity index is 900. The molecule has 2 heterocycles. The van der Waals surface area contributed by atoms with Gasteiger partial charge in [0.25, 0.3) is 5.91 Å². The Morgan fingerprint density at radius 1 is 1.22 bits per heavy atom. The van der Waals surface area contributed by atoms with Crippen LogP contribution in [0.1, 0.15) is 23.0 Å². The first-order valence-corrected chi connectivity index (χ1v) is 7.01. The van der Waals surface area contributed by atoms with Crippen LogP contribution in [0, 0.1) is 0 Å². The number of carbonyl (C=O) groups excluding carboxylic acids is 2. The molecular weight excluding hydrogens is 294 g/mol. The largest absolute Gasteiger partial charge is 0.399 e. The number of nitrogen functional groups attached to an aromatic ring is 1. The number of anilines is 1. The second-order valence-electron chi connectivity index (χ2n) is 5.11. The van der Waals surface area contributed by atoms with Crippen LogP contribution in [-0.2, 0) is 11.3 Å². The average molecular weight is 309 g/mol. The molecule has 0 saturated carbocycles. The van der Waals surface area contributed by atoms with Gasteiger partial charge in [-0.15, -0.1) is 0 Å². The zero-order valence-corrected chi connectivity index (χ0v) is 12.5. The Balaban J connectivity index is 1.93. The van der Waals surface area contributed by atoms with Crippen LogP contribution in [0.3, 0.4) is 0 Å². The van der Waals surface area contributed by atoms with E-state index in [2.05, 4.69) is 15.3 Å². The summed E-state index contributed by atoms with van der Waals surface area (Å²) in [6.07, 6.45) is 3.02. The minimum Gasteiger partial charge on any atom is -0.399 e. The summed E-state index contributed by atoms with van der Waals surface area (Å²) in [5.74, 6) is -0.370. The van der Waals surface area contributed by atoms with Gasteiger partial charge in [0.1, 0.15) is 6.33 Å². The third kappa shape index (κ3) is 3.03. The fraction of sp³-hybridized carbons (Fsp3) is 0.125. The van der Waals surface area contributed by atoms with E-state index >= 15 is 0 Å². The molecule has 3 N–H and O–H groups in total. The fourth-order valence-corrected chi connectivity index (χ4v) is 2.25. The number of nitrogens with one attached hydrogen (secondary N) is 1. The molecule has 2 aromatic heterocycles. The van der Waals surface area contributed by atoms with Gasteiger partial charge in [-0.3, -0.25) is 19.1 Å². The van der Waals surface area contributed by atoms with Gasteiger partial charge in [-0.2, -0.15) is 0 Å². The molecule has 1 aromatic carbocycles. The number of carbonyl (C=O) groups is 2. The van der Waals surface area contributed by atoms with Crippen LogP contribution < -0.4 is 11.1 Å². The molecule has 0 spiro atoms. The summed E-state index contributed by atoms with van der Waals surface area (Å²) in [6, 6.07) is 8.48. The Labute approximate surface area is 132 Å². The van der Waals surface area contributed by atoms with Gasteiger partial charge in [-0.25, -0.2) is 4.98 Å². The van der Waals surface area contributed by atoms with Crippen LogP contribution in [-0.4, -0.2) is 26.3 Å². The summed E-state index contributed by atoms with van der Waals surface area (Å²) >= 11 is 0. The molecule has 7 nitrogen and oxygen atoms in total. The van der Waals surface area contributed by atoms with E-state index in [-0.39, 0.29) is 18.4 Å². The Kier molecular flexibility index (Phi) is 3.76. The summed E-state index contributed by atoms with van der Waals surface area (Å²) in [5.41, 5.74) is 8.74. The number of benzene rings is 1. The van der Waals surface area contributed by atoms with Crippen LogP contribution in [0.2, 0.25) is 0 Å². The minimum absolute atomic E-state index is 0.151. The highest BCUT2D eigenvalue weighted by Gasteiger charge is 2.13. The van der Waals surface area contributed by atoms with Crippen molar-refractivity contribution in [3.63, 3.8) is 0 Å². The molecule has 116 valence electrons. The molecule has 0 aliphatic heterocycles. The standard InChI is InChI=1S/C16H15N5O2/c1-10(22)19-8-13-6-11(4-5-18-13)16(23)21-9-20-14-7-12(17)2-3-15(14)21/h2-7,9H,8,17H2,1H3,(H,19,22). The lowest BCUT2D eigenvalue weighted by atomic mass is 10.2. The van der Waals surface area contributed by atoms with Gasteiger partial charge in [0.15, 0.2) is 0 Å². The predicted molar refractivity (Wildman–Crippen MR) is 85.6 cm³/mol. The van der Waals surface area contributed by atoms with E-state index in [0.717, 1.165) is 0 Å². The smallest absolute Gasteiger partial charge is 0.263 e. The number of imidazole rings is 1. The highest BCUT2D eigenvalue weighted by atomic mass is 16.2. The van der Waals surface area contributed by atoms with Crippen molar-refractivity contribution in [3.05, 3.63) is 54.1 Å². The van der Waals surface area contributed by atoms with Crippen molar-refractivity contribution >= 4 is 28.5 Å². The third-order valence-corrected chi connectivity index (χ3v) is 3.37. The third-order valence-electron chi connectivity index (χ3n) is 3.37. The van der Waals surface area contributed by atoms with Crippen molar-refractivity contribution in [3.8, 4) is 0 Å². The molecule has 0 aliphatic rings. The maximum atomic E-state index is 12.7. The summed E-state index contributed by atoms with van der Waals surface area (Å²) in [5, 5.41) is 2.65. The quantitative estimate of drug-likeness (QED) is 0.711. The van der Waals surface area contributed by atoms with E-state index in [0.29, 0.717) is 28.0 Å². The molecule has 23 heavy (non-hydrogen) atoms. The van der Waals surface area contributed by atoms with Crippen LogP contribution >= 0.6 is 0 Å². The number of pyridine rings is 1. The zero-order valence-electron chi connectivity index (χ0n) is 12.5. The highest BCUT2D eigenvalue weighted by molar-refractivity contribution is 6.01. The number of hydrogen-bond donors (Lipinski definition) is 2. The molecule has 0 unspecified atom stereocenters. The van der Waals surface area contributed by atoms with Gasteiger partial charge in [0.05, 0.1) is 23.3 Å². The van der Waals surface area contributed by atoms with E-state index < -0.39 is 0 Å². The highest BCUT2D eigenvalue weighted by Crippen LogP contribution is 2.17. The van der Waals surface area contributed by atoms with Crippen molar-refractivity contribution in [2.24, 2.45) is 0 Å². The fourth-order valence-electron chi connectivity index (χ4n) is 2.25. The molecule has 0 bridgehead atoms. The molecule has 0 saturated heterocycles. The van der Waals surface area contributed by atoms with Crippen molar-refractivity contribution in [2.75, 3.05) is 5.73 Å². The number of amides is 1. The minimum atomic E-state index is -0.219. The maximum absolute atomic E-state index is 12.7. The van der Waals surface area contributed by atoms with E-state index in [1.54, 1.807) is 36.5 Å². The molecule has 3 aromatic rings. The zero-order chi connectivity index (χ0) is 16.4. The number of nitrogens with zero attached hydrogens (tertiary/aromatic N) is 3. The molecule has 0 aliphatic carbocycles. The lowest BCUT2D eigenvalue weighted by Gasteiger charge is -2.06. The number of hydrogen-bond acceptors (Lipinski definition) is 5. The van der Waals surface area contributed by atoms with E-state index in [9.17, 15) is 9.59 Å². The van der Waals surface area contributed by atoms with Crippen LogP contribution in [0.5, 0.6) is 0 Å². The topological polar surface area (TPSA) is 103 Å². The SMILES string of the molecule is CC(=O)NCc1cc(C(=O)n2cnc3cc(N)ccc32)ccn1. The van der Waals surface area contributed by atoms with Gasteiger partial charge in [-0.1, -0.05) is 0 Å². The van der Waals surface area contributed by atoms with Gasteiger partial charge < -0.3 is 11.1 Å². The Morgan fingerprint density at radius 3 is 2.83 bits per heavy atom. The van der Waals surface area contributed by atoms with E-state index in [1.165, 1.54) is 17.8 Å². The van der Waals surface area contributed by atoms with Gasteiger partial charge in [-0.05, 0) is 30.3 Å². The lowest BCUT2D eigenvalue weighted by molar-refractivity contribution is -0.119. The molecule has 0 atom stereocenters.